The summed E-state index contributed by atoms with van der Waals surface area (Å²) in [5, 5.41) is 5.55. The van der Waals surface area contributed by atoms with Gasteiger partial charge in [-0.2, -0.15) is 0 Å². The standard InChI is InChI=1S/C21H28F2N2O2/c1-11(2)19(25-20(26)18-16(22)5-4-6-17(18)23)21(27)24-12(3)15-10-13-7-8-14(15)9-13/h4-6,11-15,19H,7-10H2,1-3H3,(H,24,27)(H,25,26)/t12-,13+,14+,15-,19+/m0/s1. The number of hydrogen-bond donors (Lipinski definition) is 2. The van der Waals surface area contributed by atoms with Gasteiger partial charge >= 0.3 is 0 Å². The molecule has 0 unspecified atom stereocenters. The van der Waals surface area contributed by atoms with Crippen LogP contribution in [0.15, 0.2) is 18.2 Å². The zero-order valence-corrected chi connectivity index (χ0v) is 16.1. The molecule has 0 aromatic heterocycles. The van der Waals surface area contributed by atoms with Gasteiger partial charge in [-0.15, -0.1) is 0 Å². The minimum atomic E-state index is -0.939. The molecule has 0 spiro atoms. The van der Waals surface area contributed by atoms with E-state index in [1.165, 1.54) is 25.3 Å². The van der Waals surface area contributed by atoms with Crippen LogP contribution in [-0.2, 0) is 4.79 Å². The number of carbonyl (C=O) groups is 2. The molecular formula is C21H28F2N2O2. The normalized spacial score (nSPS) is 26.1. The molecule has 148 valence electrons. The van der Waals surface area contributed by atoms with Gasteiger partial charge in [0.05, 0.1) is 0 Å². The molecule has 0 aliphatic heterocycles. The van der Waals surface area contributed by atoms with Crippen molar-refractivity contribution in [3.05, 3.63) is 35.4 Å². The molecule has 2 amide bonds. The highest BCUT2D eigenvalue weighted by Gasteiger charge is 2.42. The molecule has 27 heavy (non-hydrogen) atoms. The number of hydrogen-bond acceptors (Lipinski definition) is 2. The van der Waals surface area contributed by atoms with Crippen molar-refractivity contribution >= 4 is 11.8 Å². The van der Waals surface area contributed by atoms with E-state index >= 15 is 0 Å². The van der Waals surface area contributed by atoms with Gasteiger partial charge in [0.25, 0.3) is 5.91 Å². The minimum Gasteiger partial charge on any atom is -0.352 e. The van der Waals surface area contributed by atoms with Gasteiger partial charge in [-0.3, -0.25) is 9.59 Å². The number of rotatable bonds is 6. The maximum absolute atomic E-state index is 13.9. The molecule has 0 saturated heterocycles. The molecule has 2 fully saturated rings. The predicted octanol–water partition coefficient (Wildman–Crippen LogP) is 3.66. The smallest absolute Gasteiger partial charge is 0.257 e. The summed E-state index contributed by atoms with van der Waals surface area (Å²) in [5.41, 5.74) is -0.655. The first kappa shape index (κ1) is 19.8. The third-order valence-electron chi connectivity index (χ3n) is 6.23. The van der Waals surface area contributed by atoms with Gasteiger partial charge in [0.2, 0.25) is 5.91 Å². The molecular weight excluding hydrogens is 350 g/mol. The van der Waals surface area contributed by atoms with E-state index in [0.29, 0.717) is 11.8 Å². The lowest BCUT2D eigenvalue weighted by atomic mass is 9.84. The summed E-state index contributed by atoms with van der Waals surface area (Å²) in [6, 6.07) is 2.43. The van der Waals surface area contributed by atoms with Crippen molar-refractivity contribution in [3.8, 4) is 0 Å². The highest BCUT2D eigenvalue weighted by Crippen LogP contribution is 2.49. The zero-order chi connectivity index (χ0) is 19.7. The third kappa shape index (κ3) is 4.14. The van der Waals surface area contributed by atoms with Gasteiger partial charge in [0.1, 0.15) is 23.2 Å². The SMILES string of the molecule is CC(C)[C@@H](NC(=O)c1c(F)cccc1F)C(=O)N[C@@H](C)[C@@H]1C[C@@H]2CC[C@@H]1C2. The van der Waals surface area contributed by atoms with Gasteiger partial charge in [0.15, 0.2) is 0 Å². The molecule has 0 heterocycles. The molecule has 2 aliphatic carbocycles. The Labute approximate surface area is 159 Å². The first-order valence-corrected chi connectivity index (χ1v) is 9.83. The van der Waals surface area contributed by atoms with E-state index < -0.39 is 29.1 Å². The van der Waals surface area contributed by atoms with E-state index in [1.807, 2.05) is 6.92 Å². The number of fused-ring (bicyclic) bond motifs is 2. The average Bonchev–Trinajstić information content (AvgIpc) is 3.22. The highest BCUT2D eigenvalue weighted by molar-refractivity contribution is 5.98. The summed E-state index contributed by atoms with van der Waals surface area (Å²) < 4.78 is 27.7. The van der Waals surface area contributed by atoms with Crippen molar-refractivity contribution in [1.82, 2.24) is 10.6 Å². The van der Waals surface area contributed by atoms with Crippen LogP contribution in [0.1, 0.15) is 56.8 Å². The fraction of sp³-hybridized carbons (Fsp3) is 0.619. The van der Waals surface area contributed by atoms with Gasteiger partial charge in [-0.25, -0.2) is 8.78 Å². The van der Waals surface area contributed by atoms with Crippen LogP contribution in [0.2, 0.25) is 0 Å². The maximum atomic E-state index is 13.9. The Kier molecular flexibility index (Phi) is 5.82. The summed E-state index contributed by atoms with van der Waals surface area (Å²) in [4.78, 5) is 25.2. The second-order valence-corrected chi connectivity index (χ2v) is 8.43. The number of carbonyl (C=O) groups excluding carboxylic acids is 2. The van der Waals surface area contributed by atoms with E-state index in [-0.39, 0.29) is 17.9 Å². The predicted molar refractivity (Wildman–Crippen MR) is 99.0 cm³/mol. The van der Waals surface area contributed by atoms with Crippen LogP contribution in [0.3, 0.4) is 0 Å². The highest BCUT2D eigenvalue weighted by atomic mass is 19.1. The van der Waals surface area contributed by atoms with Crippen molar-refractivity contribution in [1.29, 1.82) is 0 Å². The molecule has 2 N–H and O–H groups in total. The van der Waals surface area contributed by atoms with Crippen molar-refractivity contribution < 1.29 is 18.4 Å². The van der Waals surface area contributed by atoms with Crippen molar-refractivity contribution in [3.63, 3.8) is 0 Å². The van der Waals surface area contributed by atoms with Crippen LogP contribution < -0.4 is 10.6 Å². The van der Waals surface area contributed by atoms with Crippen molar-refractivity contribution in [2.75, 3.05) is 0 Å². The Morgan fingerprint density at radius 2 is 1.70 bits per heavy atom. The van der Waals surface area contributed by atoms with E-state index in [9.17, 15) is 18.4 Å². The fourth-order valence-corrected chi connectivity index (χ4v) is 4.79. The largest absolute Gasteiger partial charge is 0.352 e. The Morgan fingerprint density at radius 3 is 2.22 bits per heavy atom. The molecule has 2 aliphatic rings. The maximum Gasteiger partial charge on any atom is 0.257 e. The summed E-state index contributed by atoms with van der Waals surface area (Å²) in [6.45, 7) is 5.61. The Hall–Kier alpha value is -1.98. The van der Waals surface area contributed by atoms with Gasteiger partial charge in [0, 0.05) is 6.04 Å². The third-order valence-corrected chi connectivity index (χ3v) is 6.23. The van der Waals surface area contributed by atoms with E-state index in [4.69, 9.17) is 0 Å². The van der Waals surface area contributed by atoms with E-state index in [2.05, 4.69) is 10.6 Å². The van der Waals surface area contributed by atoms with Crippen LogP contribution in [0.5, 0.6) is 0 Å². The van der Waals surface area contributed by atoms with Crippen LogP contribution in [0.25, 0.3) is 0 Å². The topological polar surface area (TPSA) is 58.2 Å². The van der Waals surface area contributed by atoms with Gasteiger partial charge < -0.3 is 10.6 Å². The van der Waals surface area contributed by atoms with Crippen molar-refractivity contribution in [2.45, 2.75) is 58.5 Å². The molecule has 4 nitrogen and oxygen atoms in total. The zero-order valence-electron chi connectivity index (χ0n) is 16.1. The molecule has 6 heteroatoms. The number of halogens is 2. The molecule has 3 rings (SSSR count). The summed E-state index contributed by atoms with van der Waals surface area (Å²) in [6.07, 6.45) is 4.92. The lowest BCUT2D eigenvalue weighted by Gasteiger charge is -2.31. The van der Waals surface area contributed by atoms with Gasteiger partial charge in [-0.1, -0.05) is 26.3 Å². The number of amides is 2. The lowest BCUT2D eigenvalue weighted by Crippen LogP contribution is -2.53. The molecule has 2 bridgehead atoms. The van der Waals surface area contributed by atoms with Crippen molar-refractivity contribution in [2.24, 2.45) is 23.7 Å². The molecule has 5 atom stereocenters. The lowest BCUT2D eigenvalue weighted by molar-refractivity contribution is -0.125. The fourth-order valence-electron chi connectivity index (χ4n) is 4.79. The van der Waals surface area contributed by atoms with Crippen LogP contribution in [-0.4, -0.2) is 23.9 Å². The van der Waals surface area contributed by atoms with E-state index in [1.54, 1.807) is 13.8 Å². The molecule has 1 aromatic rings. The first-order chi connectivity index (χ1) is 12.8. The molecule has 1 aromatic carbocycles. The van der Waals surface area contributed by atoms with Crippen LogP contribution in [0.4, 0.5) is 8.78 Å². The summed E-state index contributed by atoms with van der Waals surface area (Å²) in [7, 11) is 0. The quantitative estimate of drug-likeness (QED) is 0.794. The monoisotopic (exact) mass is 378 g/mol. The van der Waals surface area contributed by atoms with Crippen LogP contribution in [0, 0.1) is 35.3 Å². The first-order valence-electron chi connectivity index (χ1n) is 9.83. The Morgan fingerprint density at radius 1 is 1.04 bits per heavy atom. The summed E-state index contributed by atoms with van der Waals surface area (Å²) in [5.74, 6) is -1.38. The van der Waals surface area contributed by atoms with Gasteiger partial charge in [-0.05, 0) is 62.0 Å². The molecule has 2 saturated carbocycles. The number of nitrogens with one attached hydrogen (secondary N) is 2. The average molecular weight is 378 g/mol. The number of benzene rings is 1. The Balaban J connectivity index is 1.66. The van der Waals surface area contributed by atoms with Crippen LogP contribution >= 0.6 is 0 Å². The minimum absolute atomic E-state index is 0.0242. The Bertz CT molecular complexity index is 702. The molecule has 0 radical (unpaired) electrons. The second kappa shape index (κ2) is 7.95. The van der Waals surface area contributed by atoms with E-state index in [0.717, 1.165) is 24.5 Å². The second-order valence-electron chi connectivity index (χ2n) is 8.43. The summed E-state index contributed by atoms with van der Waals surface area (Å²) >= 11 is 0.